The Morgan fingerprint density at radius 1 is 1.03 bits per heavy atom. The average Bonchev–Trinajstić information content (AvgIpc) is 3.18. The molecule has 4 rings (SSSR count). The number of hydrogen-bond acceptors (Lipinski definition) is 5. The van der Waals surface area contributed by atoms with Crippen molar-refractivity contribution in [3.63, 3.8) is 0 Å². The third kappa shape index (κ3) is 5.93. The van der Waals surface area contributed by atoms with Crippen LogP contribution < -0.4 is 25.0 Å². The molecule has 206 valence electrons. The van der Waals surface area contributed by atoms with Crippen molar-refractivity contribution in [1.82, 2.24) is 5.32 Å². The highest BCUT2D eigenvalue weighted by Gasteiger charge is 2.46. The molecule has 0 bridgehead atoms. The number of halogens is 4. The van der Waals surface area contributed by atoms with Crippen LogP contribution in [0.5, 0.6) is 11.5 Å². The van der Waals surface area contributed by atoms with Crippen LogP contribution in [0.2, 0.25) is 0 Å². The van der Waals surface area contributed by atoms with Crippen LogP contribution in [-0.2, 0) is 9.36 Å². The molecule has 7 nitrogen and oxygen atoms in total. The Hall–Kier alpha value is -3.85. The van der Waals surface area contributed by atoms with Crippen molar-refractivity contribution < 1.29 is 41.2 Å². The first-order valence-electron chi connectivity index (χ1n) is 11.7. The van der Waals surface area contributed by atoms with Gasteiger partial charge in [-0.2, -0.15) is 8.78 Å². The standard InChI is InChI=1S/C27H25F4N2O5P/c1-37-17-12-19(28)23(20(29)13-17)18-14-33(21-6-4-5-7-22(21)39(2,3)36)26(35)24(18)32-25(34)15-8-10-16(11-9-15)38-27(30)31/h4-13,18,24,27H,14H2,1-3H3,(H,32,34)/t18-,24?/m0/s1. The second-order valence-electron chi connectivity index (χ2n) is 9.25. The van der Waals surface area contributed by atoms with E-state index >= 15 is 8.78 Å². The molecule has 2 amide bonds. The van der Waals surface area contributed by atoms with Gasteiger partial charge in [0.25, 0.3) is 5.91 Å². The molecule has 1 heterocycles. The average molecular weight is 564 g/mol. The summed E-state index contributed by atoms with van der Waals surface area (Å²) in [6, 6.07) is 11.8. The van der Waals surface area contributed by atoms with E-state index in [-0.39, 0.29) is 23.6 Å². The van der Waals surface area contributed by atoms with Crippen molar-refractivity contribution in [2.75, 3.05) is 31.9 Å². The van der Waals surface area contributed by atoms with Crippen molar-refractivity contribution >= 4 is 29.9 Å². The quantitative estimate of drug-likeness (QED) is 0.315. The van der Waals surface area contributed by atoms with Gasteiger partial charge in [0.05, 0.1) is 12.8 Å². The number of rotatable bonds is 8. The lowest BCUT2D eigenvalue weighted by atomic mass is 9.92. The van der Waals surface area contributed by atoms with Gasteiger partial charge in [-0.3, -0.25) is 9.59 Å². The Kier molecular flexibility index (Phi) is 8.02. The summed E-state index contributed by atoms with van der Waals surface area (Å²) in [6.45, 7) is -0.200. The number of hydrogen-bond donors (Lipinski definition) is 1. The van der Waals surface area contributed by atoms with Gasteiger partial charge in [-0.1, -0.05) is 12.1 Å². The second-order valence-corrected chi connectivity index (χ2v) is 12.4. The number of para-hydroxylation sites is 1. The Morgan fingerprint density at radius 3 is 2.21 bits per heavy atom. The molecule has 0 saturated carbocycles. The molecule has 3 aromatic rings. The molecule has 3 aromatic carbocycles. The van der Waals surface area contributed by atoms with Gasteiger partial charge in [0.2, 0.25) is 5.91 Å². The number of methoxy groups -OCH3 is 1. The topological polar surface area (TPSA) is 84.9 Å². The van der Waals surface area contributed by atoms with Gasteiger partial charge in [0, 0.05) is 41.0 Å². The SMILES string of the molecule is COc1cc(F)c([C@@H]2CN(c3ccccc3P(C)(C)=O)C(=O)C2NC(=O)c2ccc(OC(F)F)cc2)c(F)c1. The fourth-order valence-electron chi connectivity index (χ4n) is 4.56. The van der Waals surface area contributed by atoms with Crippen LogP contribution in [0.25, 0.3) is 0 Å². The molecule has 0 radical (unpaired) electrons. The van der Waals surface area contributed by atoms with Crippen molar-refractivity contribution in [2.24, 2.45) is 0 Å². The maximum absolute atomic E-state index is 15.2. The first-order chi connectivity index (χ1) is 18.4. The van der Waals surface area contributed by atoms with E-state index in [1.807, 2.05) is 0 Å². The number of benzene rings is 3. The number of amides is 2. The Morgan fingerprint density at radius 2 is 1.64 bits per heavy atom. The lowest BCUT2D eigenvalue weighted by molar-refractivity contribution is -0.118. The van der Waals surface area contributed by atoms with Crippen LogP contribution in [0.3, 0.4) is 0 Å². The molecular weight excluding hydrogens is 539 g/mol. The lowest BCUT2D eigenvalue weighted by Crippen LogP contribution is -2.44. The zero-order valence-corrected chi connectivity index (χ0v) is 22.1. The molecule has 2 atom stereocenters. The fraction of sp³-hybridized carbons (Fsp3) is 0.259. The minimum absolute atomic E-state index is 0.00399. The fourth-order valence-corrected chi connectivity index (χ4v) is 5.75. The van der Waals surface area contributed by atoms with Gasteiger partial charge in [-0.05, 0) is 49.7 Å². The third-order valence-electron chi connectivity index (χ3n) is 6.35. The van der Waals surface area contributed by atoms with Gasteiger partial charge in [-0.25, -0.2) is 8.78 Å². The number of ether oxygens (including phenoxy) is 2. The van der Waals surface area contributed by atoms with Gasteiger partial charge in [-0.15, -0.1) is 0 Å². The minimum atomic E-state index is -3.05. The monoisotopic (exact) mass is 564 g/mol. The summed E-state index contributed by atoms with van der Waals surface area (Å²) in [7, 11) is -1.63. The molecule has 1 N–H and O–H groups in total. The molecule has 0 aromatic heterocycles. The Labute approximate surface area is 222 Å². The Balaban J connectivity index is 1.74. The molecule has 1 fully saturated rings. The summed E-state index contributed by atoms with van der Waals surface area (Å²) in [5.74, 6) is -4.79. The van der Waals surface area contributed by atoms with Crippen molar-refractivity contribution in [1.29, 1.82) is 0 Å². The van der Waals surface area contributed by atoms with Gasteiger partial charge >= 0.3 is 6.61 Å². The normalized spacial score (nSPS) is 17.4. The molecule has 0 spiro atoms. The summed E-state index contributed by atoms with van der Waals surface area (Å²) in [6.07, 6.45) is 0. The number of anilines is 1. The van der Waals surface area contributed by atoms with E-state index in [1.54, 1.807) is 24.3 Å². The summed E-state index contributed by atoms with van der Waals surface area (Å²) >= 11 is 0. The number of alkyl halides is 2. The van der Waals surface area contributed by atoms with Gasteiger partial charge in [0.1, 0.15) is 36.3 Å². The highest BCUT2D eigenvalue weighted by molar-refractivity contribution is 7.70. The number of nitrogens with zero attached hydrogens (tertiary/aromatic N) is 1. The molecule has 0 aliphatic carbocycles. The predicted octanol–water partition coefficient (Wildman–Crippen LogP) is 4.75. The first kappa shape index (κ1) is 28.2. The molecule has 1 saturated heterocycles. The second kappa shape index (κ2) is 11.1. The van der Waals surface area contributed by atoms with E-state index in [4.69, 9.17) is 4.74 Å². The van der Waals surface area contributed by atoms with E-state index in [0.29, 0.717) is 11.0 Å². The molecule has 1 aliphatic rings. The Bertz CT molecular complexity index is 1420. The summed E-state index contributed by atoms with van der Waals surface area (Å²) in [5.41, 5.74) is -0.115. The van der Waals surface area contributed by atoms with Crippen LogP contribution in [0.4, 0.5) is 23.2 Å². The summed E-state index contributed by atoms with van der Waals surface area (Å²) in [5, 5.41) is 2.94. The third-order valence-corrected chi connectivity index (χ3v) is 7.89. The van der Waals surface area contributed by atoms with Gasteiger partial charge < -0.3 is 24.3 Å². The number of nitrogens with one attached hydrogen (secondary N) is 1. The van der Waals surface area contributed by atoms with Gasteiger partial charge in [0.15, 0.2) is 0 Å². The van der Waals surface area contributed by atoms with Crippen LogP contribution in [0.1, 0.15) is 21.8 Å². The number of carbonyl (C=O) groups excluding carboxylic acids is 2. The van der Waals surface area contributed by atoms with Crippen molar-refractivity contribution in [2.45, 2.75) is 18.6 Å². The molecule has 12 heteroatoms. The zero-order chi connectivity index (χ0) is 28.5. The summed E-state index contributed by atoms with van der Waals surface area (Å²) in [4.78, 5) is 28.0. The number of carbonyl (C=O) groups is 2. The lowest BCUT2D eigenvalue weighted by Gasteiger charge is -2.22. The first-order valence-corrected chi connectivity index (χ1v) is 14.4. The predicted molar refractivity (Wildman–Crippen MR) is 138 cm³/mol. The maximum Gasteiger partial charge on any atom is 0.387 e. The molecule has 1 aliphatic heterocycles. The molecule has 39 heavy (non-hydrogen) atoms. The largest absolute Gasteiger partial charge is 0.497 e. The van der Waals surface area contributed by atoms with Crippen molar-refractivity contribution in [3.8, 4) is 11.5 Å². The minimum Gasteiger partial charge on any atom is -0.497 e. The maximum atomic E-state index is 15.2. The van der Waals surface area contributed by atoms with E-state index in [2.05, 4.69) is 10.1 Å². The van der Waals surface area contributed by atoms with Crippen LogP contribution >= 0.6 is 7.14 Å². The van der Waals surface area contributed by atoms with Crippen LogP contribution in [0, 0.1) is 11.6 Å². The highest BCUT2D eigenvalue weighted by atomic mass is 31.2. The van der Waals surface area contributed by atoms with E-state index in [1.165, 1.54) is 37.5 Å². The summed E-state index contributed by atoms with van der Waals surface area (Å²) < 4.78 is 77.4. The van der Waals surface area contributed by atoms with E-state index in [0.717, 1.165) is 24.3 Å². The van der Waals surface area contributed by atoms with Crippen LogP contribution in [-0.4, -0.2) is 51.5 Å². The van der Waals surface area contributed by atoms with Crippen molar-refractivity contribution in [3.05, 3.63) is 83.4 Å². The van der Waals surface area contributed by atoms with E-state index in [9.17, 15) is 22.9 Å². The smallest absolute Gasteiger partial charge is 0.387 e. The highest BCUT2D eigenvalue weighted by Crippen LogP contribution is 2.42. The van der Waals surface area contributed by atoms with E-state index < -0.39 is 54.7 Å². The zero-order valence-electron chi connectivity index (χ0n) is 21.2. The van der Waals surface area contributed by atoms with Crippen LogP contribution in [0.15, 0.2) is 60.7 Å². The molecular formula is C27H25F4N2O5P. The molecule has 1 unspecified atom stereocenters.